The molecule has 0 bridgehead atoms. The Kier molecular flexibility index (Phi) is 2.49. The highest BCUT2D eigenvalue weighted by atomic mass is 35.5. The molecule has 2 aromatic heterocycles. The van der Waals surface area contributed by atoms with Gasteiger partial charge in [-0.3, -0.25) is 9.36 Å². The van der Waals surface area contributed by atoms with E-state index in [1.54, 1.807) is 0 Å². The van der Waals surface area contributed by atoms with E-state index in [4.69, 9.17) is 11.6 Å². The largest absolute Gasteiger partial charge is 0.347 e. The van der Waals surface area contributed by atoms with Crippen LogP contribution in [-0.4, -0.2) is 19.2 Å². The lowest BCUT2D eigenvalue weighted by atomic mass is 10.3. The Morgan fingerprint density at radius 3 is 2.79 bits per heavy atom. The van der Waals surface area contributed by atoms with Gasteiger partial charge in [-0.2, -0.15) is 0 Å². The summed E-state index contributed by atoms with van der Waals surface area (Å²) in [6, 6.07) is 3.88. The first-order chi connectivity index (χ1) is 9.08. The third-order valence-corrected chi connectivity index (χ3v) is 2.95. The van der Waals surface area contributed by atoms with Crippen molar-refractivity contribution in [1.29, 1.82) is 0 Å². The molecule has 0 aliphatic rings. The molecule has 0 amide bonds. The standard InChI is InChI=1S/C11H6ClFN4O2/c12-7-5-6(1-2-8(7)13)16-3-4-17-9(10(16)18)14-15-11(17)19/h1-5H,(H,15,19). The molecule has 0 spiro atoms. The first-order valence-electron chi connectivity index (χ1n) is 5.22. The van der Waals surface area contributed by atoms with E-state index >= 15 is 0 Å². The van der Waals surface area contributed by atoms with Crippen molar-refractivity contribution in [3.63, 3.8) is 0 Å². The normalized spacial score (nSPS) is 11.1. The minimum absolute atomic E-state index is 0.0482. The molecule has 0 atom stereocenters. The molecule has 19 heavy (non-hydrogen) atoms. The quantitative estimate of drug-likeness (QED) is 0.722. The van der Waals surface area contributed by atoms with Crippen LogP contribution in [-0.2, 0) is 0 Å². The van der Waals surface area contributed by atoms with Gasteiger partial charge in [0.1, 0.15) is 5.82 Å². The van der Waals surface area contributed by atoms with Gasteiger partial charge in [-0.05, 0) is 18.2 Å². The number of aromatic amines is 1. The van der Waals surface area contributed by atoms with Crippen molar-refractivity contribution in [2.45, 2.75) is 0 Å². The van der Waals surface area contributed by atoms with Gasteiger partial charge in [0.2, 0.25) is 5.65 Å². The van der Waals surface area contributed by atoms with Crippen molar-refractivity contribution in [2.75, 3.05) is 0 Å². The Morgan fingerprint density at radius 1 is 1.26 bits per heavy atom. The Balaban J connectivity index is 2.31. The van der Waals surface area contributed by atoms with Crippen LogP contribution in [0.4, 0.5) is 4.39 Å². The minimum atomic E-state index is -0.574. The van der Waals surface area contributed by atoms with Crippen molar-refractivity contribution >= 4 is 17.2 Å². The Morgan fingerprint density at radius 2 is 2.05 bits per heavy atom. The molecule has 0 fully saturated rings. The maximum Gasteiger partial charge on any atom is 0.347 e. The van der Waals surface area contributed by atoms with Crippen LogP contribution in [0.25, 0.3) is 11.3 Å². The number of fused-ring (bicyclic) bond motifs is 1. The molecular formula is C11H6ClFN4O2. The smallest absolute Gasteiger partial charge is 0.280 e. The number of benzene rings is 1. The second-order valence-corrected chi connectivity index (χ2v) is 4.20. The summed E-state index contributed by atoms with van der Waals surface area (Å²) < 4.78 is 15.4. The molecule has 8 heteroatoms. The van der Waals surface area contributed by atoms with Crippen LogP contribution in [0.1, 0.15) is 0 Å². The average molecular weight is 281 g/mol. The Hall–Kier alpha value is -2.41. The van der Waals surface area contributed by atoms with E-state index in [-0.39, 0.29) is 10.7 Å². The van der Waals surface area contributed by atoms with Gasteiger partial charge in [-0.25, -0.2) is 18.7 Å². The van der Waals surface area contributed by atoms with E-state index in [0.717, 1.165) is 10.5 Å². The molecule has 0 saturated heterocycles. The zero-order valence-corrected chi connectivity index (χ0v) is 10.1. The monoisotopic (exact) mass is 280 g/mol. The second-order valence-electron chi connectivity index (χ2n) is 3.79. The van der Waals surface area contributed by atoms with Crippen molar-refractivity contribution in [2.24, 2.45) is 0 Å². The number of rotatable bonds is 1. The molecule has 0 unspecified atom stereocenters. The zero-order chi connectivity index (χ0) is 13.6. The highest BCUT2D eigenvalue weighted by Crippen LogP contribution is 2.17. The van der Waals surface area contributed by atoms with E-state index in [2.05, 4.69) is 10.2 Å². The van der Waals surface area contributed by atoms with Crippen molar-refractivity contribution < 1.29 is 4.39 Å². The third kappa shape index (κ3) is 1.75. The maximum absolute atomic E-state index is 13.1. The fourth-order valence-corrected chi connectivity index (χ4v) is 1.92. The molecule has 0 saturated carbocycles. The summed E-state index contributed by atoms with van der Waals surface area (Å²) in [4.78, 5) is 23.4. The lowest BCUT2D eigenvalue weighted by molar-refractivity contribution is 0.627. The second kappa shape index (κ2) is 4.06. The van der Waals surface area contributed by atoms with Gasteiger partial charge in [-0.1, -0.05) is 11.6 Å². The minimum Gasteiger partial charge on any atom is -0.280 e. The van der Waals surface area contributed by atoms with E-state index in [9.17, 15) is 14.0 Å². The first-order valence-corrected chi connectivity index (χ1v) is 5.59. The van der Waals surface area contributed by atoms with Crippen LogP contribution in [0.5, 0.6) is 0 Å². The highest BCUT2D eigenvalue weighted by molar-refractivity contribution is 6.30. The topological polar surface area (TPSA) is 72.2 Å². The summed E-state index contributed by atoms with van der Waals surface area (Å²) in [7, 11) is 0. The first kappa shape index (κ1) is 11.7. The Bertz CT molecular complexity index is 896. The predicted molar refractivity (Wildman–Crippen MR) is 66.4 cm³/mol. The molecule has 1 N–H and O–H groups in total. The summed E-state index contributed by atoms with van der Waals surface area (Å²) in [5.41, 5.74) is -0.679. The van der Waals surface area contributed by atoms with Gasteiger partial charge in [0.25, 0.3) is 0 Å². The van der Waals surface area contributed by atoms with Gasteiger partial charge >= 0.3 is 11.2 Å². The zero-order valence-electron chi connectivity index (χ0n) is 9.30. The Labute approximate surface area is 109 Å². The number of nitrogens with one attached hydrogen (secondary N) is 1. The predicted octanol–water partition coefficient (Wildman–Crippen LogP) is 0.966. The fraction of sp³-hybridized carbons (Fsp3) is 0. The molecular weight excluding hydrogens is 275 g/mol. The molecule has 0 aliphatic heterocycles. The van der Waals surface area contributed by atoms with Gasteiger partial charge in [0.05, 0.1) is 10.7 Å². The van der Waals surface area contributed by atoms with Gasteiger partial charge in [0.15, 0.2) is 0 Å². The number of hydrogen-bond donors (Lipinski definition) is 1. The van der Waals surface area contributed by atoms with Crippen molar-refractivity contribution in [3.05, 3.63) is 62.3 Å². The summed E-state index contributed by atoms with van der Waals surface area (Å²) in [5.74, 6) is -0.574. The van der Waals surface area contributed by atoms with Crippen LogP contribution in [0.2, 0.25) is 5.02 Å². The van der Waals surface area contributed by atoms with E-state index in [1.165, 1.54) is 29.1 Å². The van der Waals surface area contributed by atoms with Crippen LogP contribution < -0.4 is 11.2 Å². The molecule has 0 radical (unpaired) electrons. The maximum atomic E-state index is 13.1. The van der Waals surface area contributed by atoms with Crippen LogP contribution in [0.3, 0.4) is 0 Å². The van der Waals surface area contributed by atoms with Crippen LogP contribution in [0.15, 0.2) is 40.2 Å². The van der Waals surface area contributed by atoms with E-state index in [1.807, 2.05) is 0 Å². The summed E-state index contributed by atoms with van der Waals surface area (Å²) in [6.07, 6.45) is 2.77. The van der Waals surface area contributed by atoms with Crippen LogP contribution in [0, 0.1) is 5.82 Å². The van der Waals surface area contributed by atoms with Gasteiger partial charge in [0, 0.05) is 12.4 Å². The molecule has 3 rings (SSSR count). The number of aromatic nitrogens is 4. The lowest BCUT2D eigenvalue weighted by Crippen LogP contribution is -2.22. The van der Waals surface area contributed by atoms with Crippen molar-refractivity contribution in [3.8, 4) is 5.69 Å². The number of H-pyrrole nitrogens is 1. The van der Waals surface area contributed by atoms with E-state index < -0.39 is 17.1 Å². The summed E-state index contributed by atoms with van der Waals surface area (Å²) in [5, 5.41) is 5.71. The summed E-state index contributed by atoms with van der Waals surface area (Å²) in [6.45, 7) is 0. The molecule has 6 nitrogen and oxygen atoms in total. The molecule has 2 heterocycles. The number of hydrogen-bond acceptors (Lipinski definition) is 3. The lowest BCUT2D eigenvalue weighted by Gasteiger charge is -2.06. The summed E-state index contributed by atoms with van der Waals surface area (Å²) >= 11 is 5.67. The fourth-order valence-electron chi connectivity index (χ4n) is 1.74. The van der Waals surface area contributed by atoms with Crippen molar-refractivity contribution in [1.82, 2.24) is 19.2 Å². The van der Waals surface area contributed by atoms with Crippen LogP contribution >= 0.6 is 11.6 Å². The molecule has 96 valence electrons. The average Bonchev–Trinajstić information content (AvgIpc) is 2.76. The SMILES string of the molecule is O=c1c2n[nH]c(=O)n2ccn1-c1ccc(F)c(Cl)c1. The van der Waals surface area contributed by atoms with Gasteiger partial charge < -0.3 is 0 Å². The van der Waals surface area contributed by atoms with E-state index in [0.29, 0.717) is 5.69 Å². The molecule has 0 aliphatic carbocycles. The third-order valence-electron chi connectivity index (χ3n) is 2.66. The van der Waals surface area contributed by atoms with Gasteiger partial charge in [-0.15, -0.1) is 5.10 Å². The number of halogens is 2. The molecule has 1 aromatic carbocycles. The molecule has 3 aromatic rings. The highest BCUT2D eigenvalue weighted by Gasteiger charge is 2.09. The number of nitrogens with zero attached hydrogens (tertiary/aromatic N) is 3.